The molecule has 0 rings (SSSR count). The lowest BCUT2D eigenvalue weighted by atomic mass is 10.7. The highest BCUT2D eigenvalue weighted by Crippen LogP contribution is 1.92. The summed E-state index contributed by atoms with van der Waals surface area (Å²) in [7, 11) is 0. The van der Waals surface area contributed by atoms with Gasteiger partial charge in [-0.05, 0) is 0 Å². The second-order valence-electron chi connectivity index (χ2n) is 3.41. The molecule has 18 nitrogen and oxygen atoms in total. The van der Waals surface area contributed by atoms with Crippen LogP contribution in [-0.4, -0.2) is 86.0 Å². The lowest BCUT2D eigenvalue weighted by Crippen LogP contribution is -2.48. The van der Waals surface area contributed by atoms with Gasteiger partial charge in [-0.15, -0.1) is 0 Å². The van der Waals surface area contributed by atoms with Gasteiger partial charge in [-0.25, -0.2) is 33.7 Å². The SMILES string of the molecule is O.O=C=NCNC(=O)N(CN=C=O)C(=O)NCN=C=O.O=C=NCNC=O.O=C=O. The zero-order valence-electron chi connectivity index (χ0n) is 14.8. The van der Waals surface area contributed by atoms with Crippen molar-refractivity contribution in [2.75, 3.05) is 26.7 Å². The maximum absolute atomic E-state index is 11.5. The van der Waals surface area contributed by atoms with E-state index >= 15 is 0 Å². The van der Waals surface area contributed by atoms with Gasteiger partial charge >= 0.3 is 18.2 Å². The summed E-state index contributed by atoms with van der Waals surface area (Å²) in [5.74, 6) is 0. The van der Waals surface area contributed by atoms with Gasteiger partial charge in [0.05, 0.1) is 0 Å². The maximum atomic E-state index is 11.5. The zero-order valence-corrected chi connectivity index (χ0v) is 14.8. The Kier molecular flexibility index (Phi) is 31.5. The monoisotopic (exact) mass is 430 g/mol. The summed E-state index contributed by atoms with van der Waals surface area (Å²) in [6.45, 7) is -1.38. The molecule has 0 atom stereocenters. The Morgan fingerprint density at radius 1 is 0.733 bits per heavy atom. The number of amides is 5. The highest BCUT2D eigenvalue weighted by Gasteiger charge is 2.20. The normalized spacial score (nSPS) is 6.80. The van der Waals surface area contributed by atoms with Crippen LogP contribution in [0.2, 0.25) is 0 Å². The highest BCUT2D eigenvalue weighted by molar-refractivity contribution is 5.93. The maximum Gasteiger partial charge on any atom is 0.373 e. The second-order valence-corrected chi connectivity index (χ2v) is 3.41. The van der Waals surface area contributed by atoms with Crippen LogP contribution in [0.5, 0.6) is 0 Å². The summed E-state index contributed by atoms with van der Waals surface area (Å²) in [4.78, 5) is 99.9. The van der Waals surface area contributed by atoms with E-state index in [0.29, 0.717) is 11.3 Å². The molecule has 0 aliphatic carbocycles. The third-order valence-corrected chi connectivity index (χ3v) is 1.83. The molecule has 0 aromatic heterocycles. The van der Waals surface area contributed by atoms with E-state index in [-0.39, 0.29) is 18.3 Å². The fourth-order valence-corrected chi connectivity index (χ4v) is 0.905. The summed E-state index contributed by atoms with van der Waals surface area (Å²) in [5.41, 5.74) is 0. The minimum Gasteiger partial charge on any atom is -0.412 e. The molecule has 30 heavy (non-hydrogen) atoms. The molecule has 0 aromatic carbocycles. The van der Waals surface area contributed by atoms with Crippen LogP contribution in [0.4, 0.5) is 9.59 Å². The fourth-order valence-electron chi connectivity index (χ4n) is 0.905. The number of urea groups is 2. The molecule has 0 aliphatic rings. The molecule has 0 saturated heterocycles. The molecular weight excluding hydrogens is 416 g/mol. The van der Waals surface area contributed by atoms with E-state index in [2.05, 4.69) is 35.9 Å². The van der Waals surface area contributed by atoms with Crippen molar-refractivity contribution in [3.05, 3.63) is 0 Å². The molecule has 0 saturated carbocycles. The topological polar surface area (TPSA) is 274 Å². The molecule has 5 amide bonds. The van der Waals surface area contributed by atoms with Crippen molar-refractivity contribution in [2.24, 2.45) is 20.0 Å². The number of rotatable bonds is 9. The minimum absolute atomic E-state index is 0. The number of nitrogens with zero attached hydrogens (tertiary/aromatic N) is 5. The standard InChI is InChI=1S/C8H8N6O5.C3H4N2O2.CO2.H2O/c15-4-9-1-12-7(18)14(3-11-6-17)8(19)13-2-10-5-16;6-2-4-1-5-3-7;2-1-3;/h1-3H2,(H,12,18)(H,13,19);2H,1H2,(H,4,6);;1H2. The first kappa shape index (κ1) is 32.7. The van der Waals surface area contributed by atoms with E-state index in [0.717, 1.165) is 6.08 Å². The number of imide groups is 1. The van der Waals surface area contributed by atoms with Crippen molar-refractivity contribution in [2.45, 2.75) is 0 Å². The number of carbonyl (C=O) groups excluding carboxylic acids is 9. The van der Waals surface area contributed by atoms with E-state index in [1.807, 2.05) is 0 Å². The van der Waals surface area contributed by atoms with Gasteiger partial charge in [0.15, 0.2) is 0 Å². The Morgan fingerprint density at radius 2 is 1.10 bits per heavy atom. The van der Waals surface area contributed by atoms with E-state index in [1.165, 1.54) is 18.2 Å². The fraction of sp³-hybridized carbons (Fsp3) is 0.333. The minimum atomic E-state index is -0.967. The summed E-state index contributed by atoms with van der Waals surface area (Å²) in [6, 6.07) is -1.93. The van der Waals surface area contributed by atoms with Crippen LogP contribution in [0.1, 0.15) is 0 Å². The van der Waals surface area contributed by atoms with Gasteiger partial charge in [0.2, 0.25) is 30.7 Å². The smallest absolute Gasteiger partial charge is 0.373 e. The Balaban J connectivity index is -0.000000256. The Morgan fingerprint density at radius 3 is 1.43 bits per heavy atom. The quantitative estimate of drug-likeness (QED) is 0.140. The van der Waals surface area contributed by atoms with E-state index in [9.17, 15) is 33.6 Å². The lowest BCUT2D eigenvalue weighted by molar-refractivity contribution is -0.191. The third-order valence-electron chi connectivity index (χ3n) is 1.83. The van der Waals surface area contributed by atoms with Crippen LogP contribution in [0.25, 0.3) is 0 Å². The number of nitrogens with one attached hydrogen (secondary N) is 3. The molecule has 0 bridgehead atoms. The number of hydrogen-bond donors (Lipinski definition) is 3. The molecule has 0 aromatic rings. The first-order chi connectivity index (χ1) is 14.0. The van der Waals surface area contributed by atoms with Crippen LogP contribution in [0.15, 0.2) is 20.0 Å². The van der Waals surface area contributed by atoms with Gasteiger partial charge in [-0.1, -0.05) is 0 Å². The predicted molar refractivity (Wildman–Crippen MR) is 88.7 cm³/mol. The molecule has 0 heterocycles. The van der Waals surface area contributed by atoms with Crippen LogP contribution in [-0.2, 0) is 33.6 Å². The summed E-state index contributed by atoms with van der Waals surface area (Å²) >= 11 is 0. The number of carbonyl (C=O) groups is 3. The van der Waals surface area contributed by atoms with E-state index < -0.39 is 32.1 Å². The third kappa shape index (κ3) is 25.3. The first-order valence-corrected chi connectivity index (χ1v) is 6.64. The van der Waals surface area contributed by atoms with Crippen molar-refractivity contribution in [1.29, 1.82) is 0 Å². The molecule has 18 heteroatoms. The molecule has 0 unspecified atom stereocenters. The van der Waals surface area contributed by atoms with Crippen molar-refractivity contribution < 1.29 is 48.6 Å². The zero-order chi connectivity index (χ0) is 22.8. The molecule has 0 aliphatic heterocycles. The average molecular weight is 430 g/mol. The van der Waals surface area contributed by atoms with Crippen molar-refractivity contribution >= 4 is 48.9 Å². The average Bonchev–Trinajstić information content (AvgIpc) is 2.70. The molecule has 162 valence electrons. The molecule has 0 radical (unpaired) electrons. The number of hydrogen-bond acceptors (Lipinski definition) is 13. The predicted octanol–water partition coefficient (Wildman–Crippen LogP) is -3.79. The van der Waals surface area contributed by atoms with Crippen molar-refractivity contribution in [3.8, 4) is 0 Å². The summed E-state index contributed by atoms with van der Waals surface area (Å²) in [5, 5.41) is 6.27. The molecular formula is C12H14N8O10. The van der Waals surface area contributed by atoms with Crippen LogP contribution < -0.4 is 16.0 Å². The van der Waals surface area contributed by atoms with Crippen LogP contribution in [0.3, 0.4) is 0 Å². The van der Waals surface area contributed by atoms with Crippen molar-refractivity contribution in [1.82, 2.24) is 20.9 Å². The van der Waals surface area contributed by atoms with Gasteiger partial charge in [0.1, 0.15) is 26.7 Å². The second kappa shape index (κ2) is 28.9. The van der Waals surface area contributed by atoms with Gasteiger partial charge in [0.25, 0.3) is 0 Å². The molecule has 5 N–H and O–H groups in total. The number of aliphatic imine (C=N–C) groups is 4. The van der Waals surface area contributed by atoms with Gasteiger partial charge < -0.3 is 21.4 Å². The van der Waals surface area contributed by atoms with Gasteiger partial charge in [0, 0.05) is 0 Å². The number of isocyanates is 4. The largest absolute Gasteiger partial charge is 0.412 e. The molecule has 0 fully saturated rings. The van der Waals surface area contributed by atoms with Crippen LogP contribution >= 0.6 is 0 Å². The Hall–Kier alpha value is -4.93. The van der Waals surface area contributed by atoms with Gasteiger partial charge in [-0.3, -0.25) is 4.79 Å². The lowest BCUT2D eigenvalue weighted by Gasteiger charge is -2.17. The van der Waals surface area contributed by atoms with Crippen molar-refractivity contribution in [3.63, 3.8) is 0 Å². The highest BCUT2D eigenvalue weighted by atomic mass is 16.2. The summed E-state index contributed by atoms with van der Waals surface area (Å²) in [6.07, 6.45) is 5.46. The summed E-state index contributed by atoms with van der Waals surface area (Å²) < 4.78 is 0. The first-order valence-electron chi connectivity index (χ1n) is 6.64. The van der Waals surface area contributed by atoms with E-state index in [4.69, 9.17) is 9.59 Å². The van der Waals surface area contributed by atoms with Gasteiger partial charge in [-0.2, -0.15) is 29.6 Å². The van der Waals surface area contributed by atoms with Crippen LogP contribution in [0, 0.1) is 0 Å². The molecule has 0 spiro atoms. The van der Waals surface area contributed by atoms with E-state index in [1.54, 1.807) is 0 Å². The Bertz CT molecular complexity index is 706. The Labute approximate surface area is 166 Å².